The summed E-state index contributed by atoms with van der Waals surface area (Å²) < 4.78 is 1.73. The maximum atomic E-state index is 12.6. The van der Waals surface area contributed by atoms with Crippen molar-refractivity contribution in [3.05, 3.63) is 28.9 Å². The minimum Gasteiger partial charge on any atom is -0.465 e. The first-order valence-electron chi connectivity index (χ1n) is 8.28. The average Bonchev–Trinajstić information content (AvgIpc) is 2.90. The number of hydrogen-bond acceptors (Lipinski definition) is 3. The van der Waals surface area contributed by atoms with Crippen LogP contribution in [-0.2, 0) is 11.8 Å². The summed E-state index contributed by atoms with van der Waals surface area (Å²) in [5, 5.41) is 18.1. The molecule has 2 N–H and O–H groups in total. The van der Waals surface area contributed by atoms with Gasteiger partial charge in [-0.05, 0) is 24.8 Å². The van der Waals surface area contributed by atoms with E-state index in [0.29, 0.717) is 18.1 Å². The lowest BCUT2D eigenvalue weighted by atomic mass is 10.1. The van der Waals surface area contributed by atoms with Crippen LogP contribution in [0.2, 0.25) is 5.02 Å². The number of piperidine rings is 1. The molecule has 7 nitrogen and oxygen atoms in total. The van der Waals surface area contributed by atoms with Crippen LogP contribution in [0.3, 0.4) is 0 Å². The Hall–Kier alpha value is -2.28. The number of carboxylic acid groups (broad SMARTS) is 1. The van der Waals surface area contributed by atoms with Crippen molar-refractivity contribution in [2.45, 2.75) is 13.0 Å². The number of likely N-dealkylation sites (tertiary alicyclic amines) is 1. The summed E-state index contributed by atoms with van der Waals surface area (Å²) in [5.41, 5.74) is 1.63. The van der Waals surface area contributed by atoms with E-state index in [-0.39, 0.29) is 29.7 Å². The van der Waals surface area contributed by atoms with Crippen molar-refractivity contribution < 1.29 is 14.7 Å². The Morgan fingerprint density at radius 1 is 1.36 bits per heavy atom. The summed E-state index contributed by atoms with van der Waals surface area (Å²) in [6.07, 6.45) is -0.906. The fourth-order valence-corrected chi connectivity index (χ4v) is 4.38. The molecule has 4 rings (SSSR count). The highest BCUT2D eigenvalue weighted by molar-refractivity contribution is 6.35. The second-order valence-electron chi connectivity index (χ2n) is 6.92. The van der Waals surface area contributed by atoms with Crippen LogP contribution in [-0.4, -0.2) is 44.9 Å². The van der Waals surface area contributed by atoms with Gasteiger partial charge in [0.25, 0.3) is 0 Å². The fourth-order valence-electron chi connectivity index (χ4n) is 4.09. The van der Waals surface area contributed by atoms with E-state index in [1.165, 1.54) is 4.90 Å². The third kappa shape index (κ3) is 2.54. The van der Waals surface area contributed by atoms with Gasteiger partial charge in [-0.15, -0.1) is 0 Å². The number of nitrogens with one attached hydrogen (secondary N) is 1. The minimum atomic E-state index is -0.906. The molecule has 8 heteroatoms. The number of para-hydroxylation sites is 1. The van der Waals surface area contributed by atoms with Crippen molar-refractivity contribution in [1.29, 1.82) is 0 Å². The first-order chi connectivity index (χ1) is 11.9. The number of fused-ring (bicyclic) bond motifs is 2. The van der Waals surface area contributed by atoms with Gasteiger partial charge in [0.15, 0.2) is 0 Å². The molecule has 132 valence electrons. The summed E-state index contributed by atoms with van der Waals surface area (Å²) in [6.45, 7) is 2.81. The molecule has 2 fully saturated rings. The maximum Gasteiger partial charge on any atom is 0.407 e. The molecule has 2 amide bonds. The molecule has 2 aliphatic rings. The zero-order valence-corrected chi connectivity index (χ0v) is 14.7. The van der Waals surface area contributed by atoms with Crippen LogP contribution in [0.25, 0.3) is 10.9 Å². The molecule has 0 spiro atoms. The van der Waals surface area contributed by atoms with E-state index in [1.54, 1.807) is 4.68 Å². The monoisotopic (exact) mass is 362 g/mol. The second kappa shape index (κ2) is 5.62. The molecular formula is C17H19ClN4O3. The number of benzene rings is 1. The SMILES string of the molecule is CC(NC(=O)[C@H]1[C@@H]2CN(C(=O)O)C[C@@H]21)c1nn(C)c2c(Cl)cccc12. The molecular weight excluding hydrogens is 344 g/mol. The van der Waals surface area contributed by atoms with Gasteiger partial charge in [-0.1, -0.05) is 23.7 Å². The second-order valence-corrected chi connectivity index (χ2v) is 7.32. The largest absolute Gasteiger partial charge is 0.465 e. The highest BCUT2D eigenvalue weighted by Gasteiger charge is 2.60. The van der Waals surface area contributed by atoms with Gasteiger partial charge in [-0.25, -0.2) is 4.79 Å². The Morgan fingerprint density at radius 2 is 2.04 bits per heavy atom. The van der Waals surface area contributed by atoms with Crippen LogP contribution in [0, 0.1) is 17.8 Å². The zero-order valence-electron chi connectivity index (χ0n) is 13.9. The van der Waals surface area contributed by atoms with E-state index in [4.69, 9.17) is 16.7 Å². The first-order valence-corrected chi connectivity index (χ1v) is 8.65. The summed E-state index contributed by atoms with van der Waals surface area (Å²) in [4.78, 5) is 24.9. The number of halogens is 1. The molecule has 0 bridgehead atoms. The predicted molar refractivity (Wildman–Crippen MR) is 92.3 cm³/mol. The number of aryl methyl sites for hydroxylation is 1. The van der Waals surface area contributed by atoms with Gasteiger partial charge >= 0.3 is 6.09 Å². The number of nitrogens with zero attached hydrogens (tertiary/aromatic N) is 3. The van der Waals surface area contributed by atoms with Crippen molar-refractivity contribution >= 4 is 34.5 Å². The minimum absolute atomic E-state index is 0.0200. The van der Waals surface area contributed by atoms with Crippen molar-refractivity contribution in [3.8, 4) is 0 Å². The van der Waals surface area contributed by atoms with E-state index in [2.05, 4.69) is 10.4 Å². The number of carbonyl (C=O) groups is 2. The van der Waals surface area contributed by atoms with Crippen LogP contribution in [0.4, 0.5) is 4.79 Å². The number of aromatic nitrogens is 2. The zero-order chi connectivity index (χ0) is 17.9. The smallest absolute Gasteiger partial charge is 0.407 e. The third-order valence-electron chi connectivity index (χ3n) is 5.38. The van der Waals surface area contributed by atoms with Crippen molar-refractivity contribution in [3.63, 3.8) is 0 Å². The Bertz CT molecular complexity index is 868. The standard InChI is InChI=1S/C17H19ClN4O3/c1-8(14-9-4-3-5-12(18)15(9)21(2)20-14)19-16(23)13-10-6-22(17(24)25)7-11(10)13/h3-5,8,10-11,13H,6-7H2,1-2H3,(H,19,23)(H,24,25)/t8?,10-,11+,13+. The summed E-state index contributed by atoms with van der Waals surface area (Å²) in [6, 6.07) is 5.39. The Labute approximate surface area is 149 Å². The molecule has 1 aromatic heterocycles. The van der Waals surface area contributed by atoms with Gasteiger partial charge in [0.2, 0.25) is 5.91 Å². The van der Waals surface area contributed by atoms with E-state index in [9.17, 15) is 9.59 Å². The number of rotatable bonds is 3. The highest BCUT2D eigenvalue weighted by atomic mass is 35.5. The Balaban J connectivity index is 1.47. The van der Waals surface area contributed by atoms with Gasteiger partial charge in [0, 0.05) is 31.4 Å². The van der Waals surface area contributed by atoms with E-state index < -0.39 is 6.09 Å². The van der Waals surface area contributed by atoms with Crippen LogP contribution >= 0.6 is 11.6 Å². The van der Waals surface area contributed by atoms with Gasteiger partial charge in [-0.3, -0.25) is 9.48 Å². The van der Waals surface area contributed by atoms with Gasteiger partial charge in [0.1, 0.15) is 0 Å². The molecule has 1 aliphatic heterocycles. The quantitative estimate of drug-likeness (QED) is 0.876. The molecule has 1 aromatic carbocycles. The predicted octanol–water partition coefficient (Wildman–Crippen LogP) is 2.26. The van der Waals surface area contributed by atoms with E-state index >= 15 is 0 Å². The molecule has 4 atom stereocenters. The normalized spacial score (nSPS) is 25.7. The molecule has 1 saturated heterocycles. The average molecular weight is 363 g/mol. The van der Waals surface area contributed by atoms with Gasteiger partial charge < -0.3 is 15.3 Å². The van der Waals surface area contributed by atoms with Crippen LogP contribution in [0.5, 0.6) is 0 Å². The molecule has 0 radical (unpaired) electrons. The number of carbonyl (C=O) groups excluding carboxylic acids is 1. The topological polar surface area (TPSA) is 87.5 Å². The van der Waals surface area contributed by atoms with Gasteiger partial charge in [-0.2, -0.15) is 5.10 Å². The fraction of sp³-hybridized carbons (Fsp3) is 0.471. The molecule has 2 aromatic rings. The van der Waals surface area contributed by atoms with Crippen molar-refractivity contribution in [2.24, 2.45) is 24.8 Å². The third-order valence-corrected chi connectivity index (χ3v) is 5.69. The van der Waals surface area contributed by atoms with Crippen LogP contribution < -0.4 is 5.32 Å². The van der Waals surface area contributed by atoms with Crippen molar-refractivity contribution in [1.82, 2.24) is 20.0 Å². The lowest BCUT2D eigenvalue weighted by Gasteiger charge is -2.17. The number of amides is 2. The lowest BCUT2D eigenvalue weighted by molar-refractivity contribution is -0.123. The molecule has 1 saturated carbocycles. The first kappa shape index (κ1) is 16.2. The number of hydrogen-bond donors (Lipinski definition) is 2. The molecule has 1 aliphatic carbocycles. The highest BCUT2D eigenvalue weighted by Crippen LogP contribution is 2.52. The molecule has 25 heavy (non-hydrogen) atoms. The van der Waals surface area contributed by atoms with Crippen LogP contribution in [0.15, 0.2) is 18.2 Å². The molecule has 1 unspecified atom stereocenters. The van der Waals surface area contributed by atoms with Crippen LogP contribution in [0.1, 0.15) is 18.7 Å². The van der Waals surface area contributed by atoms with Gasteiger partial charge in [0.05, 0.1) is 22.3 Å². The lowest BCUT2D eigenvalue weighted by Crippen LogP contribution is -2.35. The summed E-state index contributed by atoms with van der Waals surface area (Å²) in [7, 11) is 1.83. The summed E-state index contributed by atoms with van der Waals surface area (Å²) >= 11 is 6.25. The van der Waals surface area contributed by atoms with E-state index in [1.807, 2.05) is 32.2 Å². The van der Waals surface area contributed by atoms with E-state index in [0.717, 1.165) is 16.6 Å². The molecule has 2 heterocycles. The summed E-state index contributed by atoms with van der Waals surface area (Å²) in [5.74, 6) is 0.196. The maximum absolute atomic E-state index is 12.6. The van der Waals surface area contributed by atoms with Crippen molar-refractivity contribution in [2.75, 3.05) is 13.1 Å². The Kier molecular flexibility index (Phi) is 3.64. The Morgan fingerprint density at radius 3 is 2.68 bits per heavy atom.